The van der Waals surface area contributed by atoms with Crippen LogP contribution in [0.15, 0.2) is 15.0 Å². The van der Waals surface area contributed by atoms with Gasteiger partial charge in [0, 0.05) is 20.1 Å². The zero-order valence-electron chi connectivity index (χ0n) is 15.6. The lowest BCUT2D eigenvalue weighted by molar-refractivity contribution is -0.400. The summed E-state index contributed by atoms with van der Waals surface area (Å²) in [5.41, 5.74) is -7.21. The smallest absolute Gasteiger partial charge is 0.194 e. The lowest BCUT2D eigenvalue weighted by Crippen LogP contribution is -2.60. The first kappa shape index (κ1) is 31.9. The van der Waals surface area contributed by atoms with Crippen LogP contribution in [0.2, 0.25) is 0 Å². The molecular weight excluding hydrogens is 682 g/mol. The van der Waals surface area contributed by atoms with Crippen molar-refractivity contribution in [3.63, 3.8) is 0 Å². The molecule has 0 radical (unpaired) electrons. The van der Waals surface area contributed by atoms with Gasteiger partial charge in [0.1, 0.15) is 0 Å². The maximum absolute atomic E-state index is 14.3. The van der Waals surface area contributed by atoms with Gasteiger partial charge >= 0.3 is 47.9 Å². The number of hydrogen-bond acceptors (Lipinski definition) is 0. The molecular formula is C15H4Br2F18. The summed E-state index contributed by atoms with van der Waals surface area (Å²) in [6, 6.07) is -0.845. The van der Waals surface area contributed by atoms with E-state index < -0.39 is 79.6 Å². The Hall–Kier alpha value is -1.08. The van der Waals surface area contributed by atoms with E-state index in [2.05, 4.69) is 0 Å². The summed E-state index contributed by atoms with van der Waals surface area (Å²) < 4.78 is 234. The van der Waals surface area contributed by atoms with E-state index in [0.717, 1.165) is 0 Å². The van der Waals surface area contributed by atoms with Crippen molar-refractivity contribution >= 4 is 31.9 Å². The fraction of sp³-hybridized carbons (Fsp3) is 0.600. The maximum atomic E-state index is 14.3. The first-order valence-electron chi connectivity index (χ1n) is 7.86. The van der Waals surface area contributed by atoms with Crippen molar-refractivity contribution in [1.82, 2.24) is 0 Å². The predicted molar refractivity (Wildman–Crippen MR) is 86.3 cm³/mol. The van der Waals surface area contributed by atoms with Gasteiger partial charge in [-0.15, -0.1) is 0 Å². The molecule has 0 nitrogen and oxygen atoms in total. The van der Waals surface area contributed by atoms with Crippen molar-refractivity contribution in [1.29, 1.82) is 0 Å². The number of benzene rings is 1. The largest absolute Gasteiger partial charge is 0.460 e. The Labute approximate surface area is 197 Å². The summed E-state index contributed by atoms with van der Waals surface area (Å²) in [5, 5.41) is 0. The van der Waals surface area contributed by atoms with Crippen LogP contribution in [-0.2, 0) is 11.8 Å². The van der Waals surface area contributed by atoms with Crippen LogP contribution in [-0.4, -0.2) is 36.0 Å². The molecule has 0 aromatic heterocycles. The topological polar surface area (TPSA) is 0 Å². The second kappa shape index (κ2) is 8.47. The highest BCUT2D eigenvalue weighted by Crippen LogP contribution is 2.61. The number of rotatable bonds is 6. The van der Waals surface area contributed by atoms with Crippen molar-refractivity contribution in [3.8, 4) is 0 Å². The standard InChI is InChI=1S/C15H4Br2F18/c1-3-6(9(20,21)11(24,25)13(28,29)15(33,34)35)5(16)2-4(7(3)17)8(18,19)10(22,23)12(26,27)14(30,31)32/h2H,1H3. The minimum absolute atomic E-state index is 0.0144. The lowest BCUT2D eigenvalue weighted by atomic mass is 9.89. The Morgan fingerprint density at radius 1 is 0.514 bits per heavy atom. The SMILES string of the molecule is Cc1c(Br)c(C(F)(F)C(F)(F)C(F)(F)C(F)(F)F)cc(Br)c1C(F)(F)C(F)(F)C(F)(F)C(F)(F)F. The molecule has 1 rings (SSSR count). The van der Waals surface area contributed by atoms with Crippen LogP contribution in [0.3, 0.4) is 0 Å². The van der Waals surface area contributed by atoms with Gasteiger partial charge in [-0.05, 0) is 34.5 Å². The molecule has 35 heavy (non-hydrogen) atoms. The van der Waals surface area contributed by atoms with Crippen molar-refractivity contribution in [2.45, 2.75) is 54.8 Å². The van der Waals surface area contributed by atoms with Crippen LogP contribution in [0.1, 0.15) is 16.7 Å². The predicted octanol–water partition coefficient (Wildman–Crippen LogP) is 9.37. The molecule has 20 heteroatoms. The molecule has 0 aliphatic heterocycles. The fourth-order valence-electron chi connectivity index (χ4n) is 2.44. The van der Waals surface area contributed by atoms with E-state index in [1.54, 1.807) is 15.9 Å². The second-order valence-electron chi connectivity index (χ2n) is 6.66. The van der Waals surface area contributed by atoms with Gasteiger partial charge in [-0.25, -0.2) is 0 Å². The molecule has 0 spiro atoms. The molecule has 1 aromatic carbocycles. The van der Waals surface area contributed by atoms with Gasteiger partial charge in [0.05, 0.1) is 0 Å². The van der Waals surface area contributed by atoms with Crippen LogP contribution in [0, 0.1) is 6.92 Å². The van der Waals surface area contributed by atoms with Gasteiger partial charge < -0.3 is 0 Å². The Morgan fingerprint density at radius 3 is 1.14 bits per heavy atom. The zero-order valence-corrected chi connectivity index (χ0v) is 18.8. The van der Waals surface area contributed by atoms with Crippen molar-refractivity contribution in [3.05, 3.63) is 31.7 Å². The molecule has 0 heterocycles. The van der Waals surface area contributed by atoms with E-state index in [-0.39, 0.29) is 6.92 Å². The van der Waals surface area contributed by atoms with Crippen molar-refractivity contribution in [2.75, 3.05) is 0 Å². The average Bonchev–Trinajstić information content (AvgIpc) is 2.61. The van der Waals surface area contributed by atoms with Gasteiger partial charge in [-0.1, -0.05) is 15.9 Å². The van der Waals surface area contributed by atoms with E-state index in [0.29, 0.717) is 0 Å². The first-order chi connectivity index (χ1) is 15.0. The normalized spacial score (nSPS) is 15.6. The van der Waals surface area contributed by atoms with Crippen LogP contribution < -0.4 is 0 Å². The summed E-state index contributed by atoms with van der Waals surface area (Å²) in [4.78, 5) is 0. The highest BCUT2D eigenvalue weighted by molar-refractivity contribution is 9.11. The van der Waals surface area contributed by atoms with Crippen molar-refractivity contribution < 1.29 is 79.0 Å². The maximum Gasteiger partial charge on any atom is 0.460 e. The minimum Gasteiger partial charge on any atom is -0.194 e. The Kier molecular flexibility index (Phi) is 7.73. The molecule has 0 aliphatic carbocycles. The van der Waals surface area contributed by atoms with Gasteiger partial charge in [-0.3, -0.25) is 0 Å². The summed E-state index contributed by atoms with van der Waals surface area (Å²) in [5.74, 6) is -42.9. The van der Waals surface area contributed by atoms with E-state index in [1.807, 2.05) is 15.9 Å². The summed E-state index contributed by atoms with van der Waals surface area (Å²) >= 11 is 3.59. The van der Waals surface area contributed by atoms with Crippen molar-refractivity contribution in [2.24, 2.45) is 0 Å². The minimum atomic E-state index is -7.47. The van der Waals surface area contributed by atoms with Gasteiger partial charge in [0.2, 0.25) is 0 Å². The third-order valence-electron chi connectivity index (χ3n) is 4.39. The monoisotopic (exact) mass is 684 g/mol. The Balaban J connectivity index is 3.93. The van der Waals surface area contributed by atoms with E-state index >= 15 is 0 Å². The van der Waals surface area contributed by atoms with Crippen LogP contribution in [0.4, 0.5) is 79.0 Å². The summed E-state index contributed by atoms with van der Waals surface area (Å²) in [6.07, 6.45) is -14.6. The number of alkyl halides is 18. The second-order valence-corrected chi connectivity index (χ2v) is 8.31. The number of hydrogen-bond donors (Lipinski definition) is 0. The highest BCUT2D eigenvalue weighted by Gasteiger charge is 2.84. The molecule has 0 atom stereocenters. The Morgan fingerprint density at radius 2 is 0.829 bits per heavy atom. The first-order valence-corrected chi connectivity index (χ1v) is 9.44. The fourth-order valence-corrected chi connectivity index (χ4v) is 3.78. The van der Waals surface area contributed by atoms with E-state index in [9.17, 15) is 79.0 Å². The molecule has 1 aromatic rings. The van der Waals surface area contributed by atoms with Gasteiger partial charge in [0.15, 0.2) is 0 Å². The average molecular weight is 686 g/mol. The quantitative estimate of drug-likeness (QED) is 0.262. The molecule has 0 saturated carbocycles. The molecule has 0 saturated heterocycles. The lowest BCUT2D eigenvalue weighted by Gasteiger charge is -2.36. The van der Waals surface area contributed by atoms with E-state index in [1.165, 1.54) is 0 Å². The molecule has 0 N–H and O–H groups in total. The molecule has 204 valence electrons. The van der Waals surface area contributed by atoms with Crippen LogP contribution in [0.5, 0.6) is 0 Å². The molecule has 0 unspecified atom stereocenters. The third kappa shape index (κ3) is 4.36. The molecule has 0 amide bonds. The van der Waals surface area contributed by atoms with Gasteiger partial charge in [-0.2, -0.15) is 79.0 Å². The van der Waals surface area contributed by atoms with Crippen LogP contribution >= 0.6 is 31.9 Å². The number of halogens is 20. The molecule has 0 fully saturated rings. The summed E-state index contributed by atoms with van der Waals surface area (Å²) in [6.45, 7) is -0.0144. The molecule has 0 bridgehead atoms. The summed E-state index contributed by atoms with van der Waals surface area (Å²) in [7, 11) is 0. The van der Waals surface area contributed by atoms with Gasteiger partial charge in [0.25, 0.3) is 0 Å². The third-order valence-corrected chi connectivity index (χ3v) is 6.04. The van der Waals surface area contributed by atoms with Crippen LogP contribution in [0.25, 0.3) is 0 Å². The highest BCUT2D eigenvalue weighted by atomic mass is 79.9. The zero-order chi connectivity index (χ0) is 28.6. The Bertz CT molecular complexity index is 972. The van der Waals surface area contributed by atoms with E-state index in [4.69, 9.17) is 0 Å². The molecule has 0 aliphatic rings.